The molecule has 0 atom stereocenters. The van der Waals surface area contributed by atoms with Crippen LogP contribution >= 0.6 is 0 Å². The largest absolute Gasteiger partial charge is 0.355 e. The summed E-state index contributed by atoms with van der Waals surface area (Å²) < 4.78 is 0. The number of nitrogens with one attached hydrogen (secondary N) is 2. The lowest BCUT2D eigenvalue weighted by atomic mass is 10.3. The molecule has 8 bridgehead atoms. The maximum absolute atomic E-state index is 11.7. The smallest absolute Gasteiger partial charge is 0.318 e. The van der Waals surface area contributed by atoms with Crippen molar-refractivity contribution < 1.29 is 4.92 Å². The molecule has 7 heteroatoms. The van der Waals surface area contributed by atoms with Crippen LogP contribution in [0.4, 0.5) is 5.69 Å². The van der Waals surface area contributed by atoms with Crippen molar-refractivity contribution in [1.29, 1.82) is 0 Å². The van der Waals surface area contributed by atoms with Gasteiger partial charge in [0, 0.05) is 16.6 Å². The highest BCUT2D eigenvalue weighted by Crippen LogP contribution is 2.26. The highest BCUT2D eigenvalue weighted by Gasteiger charge is 2.18. The second-order valence-corrected chi connectivity index (χ2v) is 6.29. The van der Waals surface area contributed by atoms with Crippen LogP contribution in [0, 0.1) is 10.1 Å². The zero-order valence-electron chi connectivity index (χ0n) is 14.0. The topological polar surface area (TPSA) is 100 Å². The standard InChI is InChI=1S/C20H13N5O2/c26-25(27)20-18-7-5-16(23-18)10-14-3-1-12(21-14)9-13-2-4-15(22-13)11-17-6-8-19(20)24-17/h1-11,21,23H. The van der Waals surface area contributed by atoms with Gasteiger partial charge in [-0.2, -0.15) is 0 Å². The number of hydrogen-bond acceptors (Lipinski definition) is 4. The number of fused-ring (bicyclic) bond motifs is 8. The van der Waals surface area contributed by atoms with Crippen molar-refractivity contribution in [3.63, 3.8) is 0 Å². The van der Waals surface area contributed by atoms with Crippen LogP contribution in [-0.2, 0) is 0 Å². The first-order chi connectivity index (χ1) is 13.1. The fraction of sp³-hybridized carbons (Fsp3) is 0. The average molecular weight is 355 g/mol. The van der Waals surface area contributed by atoms with E-state index in [-0.39, 0.29) is 5.69 Å². The molecule has 0 aromatic carbocycles. The summed E-state index contributed by atoms with van der Waals surface area (Å²) in [6.07, 6.45) is 7.22. The molecule has 0 unspecified atom stereocenters. The van der Waals surface area contributed by atoms with E-state index in [0.29, 0.717) is 16.9 Å². The highest BCUT2D eigenvalue weighted by atomic mass is 16.6. The van der Waals surface area contributed by atoms with E-state index in [1.807, 2.05) is 42.5 Å². The Bertz CT molecular complexity index is 1310. The predicted molar refractivity (Wildman–Crippen MR) is 106 cm³/mol. The molecular weight excluding hydrogens is 342 g/mol. The number of hydrogen-bond donors (Lipinski definition) is 2. The fourth-order valence-corrected chi connectivity index (χ4v) is 3.19. The molecule has 3 aromatic heterocycles. The second kappa shape index (κ2) is 5.77. The van der Waals surface area contributed by atoms with Gasteiger partial charge in [0.25, 0.3) is 0 Å². The first kappa shape index (κ1) is 15.3. The number of nitro groups is 1. The third-order valence-electron chi connectivity index (χ3n) is 4.37. The molecule has 0 radical (unpaired) electrons. The molecule has 5 rings (SSSR count). The number of rotatable bonds is 1. The van der Waals surface area contributed by atoms with E-state index in [0.717, 1.165) is 27.9 Å². The Morgan fingerprint density at radius 2 is 1.37 bits per heavy atom. The van der Waals surface area contributed by atoms with Crippen molar-refractivity contribution in [2.45, 2.75) is 0 Å². The summed E-state index contributed by atoms with van der Waals surface area (Å²) >= 11 is 0. The molecule has 0 spiro atoms. The molecule has 0 saturated carbocycles. The Balaban J connectivity index is 1.91. The molecule has 0 saturated heterocycles. The van der Waals surface area contributed by atoms with Crippen molar-refractivity contribution >= 4 is 52.1 Å². The number of aromatic nitrogens is 4. The van der Waals surface area contributed by atoms with Gasteiger partial charge in [-0.1, -0.05) is 0 Å². The zero-order valence-corrected chi connectivity index (χ0v) is 14.0. The highest BCUT2D eigenvalue weighted by molar-refractivity contribution is 5.83. The van der Waals surface area contributed by atoms with E-state index in [9.17, 15) is 10.1 Å². The molecule has 0 amide bonds. The monoisotopic (exact) mass is 355 g/mol. The Hall–Kier alpha value is -4.00. The van der Waals surface area contributed by atoms with Crippen LogP contribution in [-0.4, -0.2) is 24.9 Å². The predicted octanol–water partition coefficient (Wildman–Crippen LogP) is 4.56. The fourth-order valence-electron chi connectivity index (χ4n) is 3.19. The van der Waals surface area contributed by atoms with Gasteiger partial charge in [0.05, 0.1) is 22.0 Å². The Kier molecular flexibility index (Phi) is 3.26. The van der Waals surface area contributed by atoms with Crippen LogP contribution < -0.4 is 0 Å². The lowest BCUT2D eigenvalue weighted by Gasteiger charge is -1.92. The summed E-state index contributed by atoms with van der Waals surface area (Å²) in [6, 6.07) is 13.1. The van der Waals surface area contributed by atoms with Crippen LogP contribution in [0.25, 0.3) is 46.4 Å². The van der Waals surface area contributed by atoms with Crippen LogP contribution in [0.1, 0.15) is 22.8 Å². The van der Waals surface area contributed by atoms with Gasteiger partial charge in [0.1, 0.15) is 11.2 Å². The Morgan fingerprint density at radius 1 is 0.741 bits per heavy atom. The van der Waals surface area contributed by atoms with E-state index in [4.69, 9.17) is 0 Å². The lowest BCUT2D eigenvalue weighted by Crippen LogP contribution is -1.92. The van der Waals surface area contributed by atoms with Crippen molar-refractivity contribution in [3.8, 4) is 0 Å². The number of aromatic amines is 2. The van der Waals surface area contributed by atoms with E-state index in [1.54, 1.807) is 24.3 Å². The summed E-state index contributed by atoms with van der Waals surface area (Å²) in [7, 11) is 0. The quantitative estimate of drug-likeness (QED) is 0.340. The molecule has 5 heterocycles. The third kappa shape index (κ3) is 2.81. The van der Waals surface area contributed by atoms with Gasteiger partial charge < -0.3 is 9.97 Å². The number of nitrogens with zero attached hydrogens (tertiary/aromatic N) is 3. The van der Waals surface area contributed by atoms with Gasteiger partial charge in [-0.05, 0) is 66.8 Å². The molecule has 27 heavy (non-hydrogen) atoms. The molecule has 130 valence electrons. The van der Waals surface area contributed by atoms with Gasteiger partial charge in [0.2, 0.25) is 0 Å². The first-order valence-corrected chi connectivity index (χ1v) is 8.36. The van der Waals surface area contributed by atoms with Crippen molar-refractivity contribution in [2.24, 2.45) is 0 Å². The molecule has 7 nitrogen and oxygen atoms in total. The minimum Gasteiger partial charge on any atom is -0.355 e. The summed E-state index contributed by atoms with van der Waals surface area (Å²) in [5, 5.41) is 11.7. The van der Waals surface area contributed by atoms with Crippen LogP contribution in [0.5, 0.6) is 0 Å². The first-order valence-electron chi connectivity index (χ1n) is 8.36. The Morgan fingerprint density at radius 3 is 2.19 bits per heavy atom. The SMILES string of the molecule is O=[N+]([O-])c1c2nc(cc3nc(cc4ccc(cc5ccc1[nH]5)[nH]4)C=C3)C=C2. The van der Waals surface area contributed by atoms with Crippen molar-refractivity contribution in [1.82, 2.24) is 19.9 Å². The van der Waals surface area contributed by atoms with Gasteiger partial charge in [-0.3, -0.25) is 10.1 Å². The molecule has 0 aliphatic carbocycles. The van der Waals surface area contributed by atoms with Gasteiger partial charge in [-0.25, -0.2) is 9.97 Å². The molecular formula is C20H13N5O2. The zero-order chi connectivity index (χ0) is 18.4. The normalized spacial score (nSPS) is 12.4. The second-order valence-electron chi connectivity index (χ2n) is 6.29. The lowest BCUT2D eigenvalue weighted by molar-refractivity contribution is -0.383. The summed E-state index contributed by atoms with van der Waals surface area (Å²) in [4.78, 5) is 26.6. The summed E-state index contributed by atoms with van der Waals surface area (Å²) in [5.74, 6) is 0. The number of H-pyrrole nitrogens is 2. The maximum Gasteiger partial charge on any atom is 0.318 e. The van der Waals surface area contributed by atoms with Crippen LogP contribution in [0.15, 0.2) is 42.5 Å². The van der Waals surface area contributed by atoms with Gasteiger partial charge in [-0.15, -0.1) is 0 Å². The van der Waals surface area contributed by atoms with E-state index < -0.39 is 4.92 Å². The third-order valence-corrected chi connectivity index (χ3v) is 4.37. The Labute approximate surface area is 152 Å². The van der Waals surface area contributed by atoms with Crippen LogP contribution in [0.2, 0.25) is 0 Å². The van der Waals surface area contributed by atoms with Crippen LogP contribution in [0.3, 0.4) is 0 Å². The van der Waals surface area contributed by atoms with Crippen molar-refractivity contribution in [2.75, 3.05) is 0 Å². The minimum atomic E-state index is -0.411. The molecule has 2 N–H and O–H groups in total. The average Bonchev–Trinajstić information content (AvgIpc) is 3.39. The minimum absolute atomic E-state index is 0.0574. The van der Waals surface area contributed by atoms with Gasteiger partial charge in [0.15, 0.2) is 0 Å². The van der Waals surface area contributed by atoms with Crippen molar-refractivity contribution in [3.05, 3.63) is 75.4 Å². The summed E-state index contributed by atoms with van der Waals surface area (Å²) in [6.45, 7) is 0. The van der Waals surface area contributed by atoms with E-state index in [1.165, 1.54) is 0 Å². The summed E-state index contributed by atoms with van der Waals surface area (Å²) in [5.41, 5.74) is 5.45. The molecule has 0 fully saturated rings. The maximum atomic E-state index is 11.7. The van der Waals surface area contributed by atoms with Gasteiger partial charge >= 0.3 is 5.69 Å². The van der Waals surface area contributed by atoms with E-state index in [2.05, 4.69) is 19.9 Å². The molecule has 2 aliphatic rings. The molecule has 2 aliphatic heterocycles. The molecule has 3 aromatic rings. The van der Waals surface area contributed by atoms with E-state index >= 15 is 0 Å².